The van der Waals surface area contributed by atoms with Gasteiger partial charge in [-0.25, -0.2) is 0 Å². The van der Waals surface area contributed by atoms with E-state index in [0.717, 1.165) is 62.6 Å². The number of carbonyl (C=O) groups is 2. The molecule has 0 aliphatic heterocycles. The number of fused-ring (bicyclic) bond motifs is 7. The lowest BCUT2D eigenvalue weighted by atomic mass is 9.33. The third kappa shape index (κ3) is 3.46. The van der Waals surface area contributed by atoms with E-state index in [4.69, 9.17) is 0 Å². The molecule has 0 bridgehead atoms. The van der Waals surface area contributed by atoms with Crippen molar-refractivity contribution >= 4 is 17.8 Å². The van der Waals surface area contributed by atoms with Crippen LogP contribution in [0.5, 0.6) is 0 Å². The van der Waals surface area contributed by atoms with Crippen molar-refractivity contribution in [2.45, 2.75) is 99.8 Å². The maximum atomic E-state index is 13.9. The van der Waals surface area contributed by atoms with Crippen LogP contribution in [0.2, 0.25) is 0 Å². The van der Waals surface area contributed by atoms with Crippen LogP contribution < -0.4 is 0 Å². The molecule has 4 heteroatoms. The van der Waals surface area contributed by atoms with Crippen molar-refractivity contribution in [3.05, 3.63) is 47.3 Å². The molecule has 0 amide bonds. The molecule has 216 valence electrons. The van der Waals surface area contributed by atoms with Crippen molar-refractivity contribution < 1.29 is 14.7 Å². The SMILES string of the molecule is C[C@H]1[C@H](C)CC[C@]2(C(=O)O)CC[C@]3(C)C(=CC[C@@H]4[C@@]5(C)C/C(=C/c6ccccn6)C(=O)C(C)(C)[C@@H]5CC[C@]43C)[C@H]12. The summed E-state index contributed by atoms with van der Waals surface area (Å²) in [5.41, 5.74) is 2.26. The first kappa shape index (κ1) is 27.9. The van der Waals surface area contributed by atoms with E-state index < -0.39 is 16.8 Å². The maximum absolute atomic E-state index is 13.9. The number of carboxylic acids is 1. The number of ketones is 1. The number of pyridine rings is 1. The molecule has 4 saturated carbocycles. The number of carboxylic acid groups (broad SMARTS) is 1. The quantitative estimate of drug-likeness (QED) is 0.300. The predicted molar refractivity (Wildman–Crippen MR) is 159 cm³/mol. The van der Waals surface area contributed by atoms with Gasteiger partial charge in [0.1, 0.15) is 0 Å². The van der Waals surface area contributed by atoms with Gasteiger partial charge in [0.2, 0.25) is 0 Å². The molecule has 5 aliphatic carbocycles. The van der Waals surface area contributed by atoms with Gasteiger partial charge in [-0.15, -0.1) is 0 Å². The van der Waals surface area contributed by atoms with Gasteiger partial charge < -0.3 is 5.11 Å². The average molecular weight is 544 g/mol. The fraction of sp³-hybridized carbons (Fsp3) is 0.694. The monoisotopic (exact) mass is 543 g/mol. The molecule has 1 aromatic rings. The van der Waals surface area contributed by atoms with E-state index in [0.29, 0.717) is 23.7 Å². The van der Waals surface area contributed by atoms with E-state index in [1.54, 1.807) is 6.20 Å². The highest BCUT2D eigenvalue weighted by Crippen LogP contribution is 2.75. The molecule has 0 saturated heterocycles. The second-order valence-electron chi connectivity index (χ2n) is 15.8. The summed E-state index contributed by atoms with van der Waals surface area (Å²) in [6.45, 7) is 16.6. The van der Waals surface area contributed by atoms with E-state index in [9.17, 15) is 14.7 Å². The van der Waals surface area contributed by atoms with Gasteiger partial charge in [0.05, 0.1) is 11.1 Å². The number of rotatable bonds is 2. The third-order valence-electron chi connectivity index (χ3n) is 14.0. The topological polar surface area (TPSA) is 67.3 Å². The van der Waals surface area contributed by atoms with E-state index in [2.05, 4.69) is 65.6 Å². The van der Waals surface area contributed by atoms with Crippen LogP contribution in [0.15, 0.2) is 41.6 Å². The Kier molecular flexibility index (Phi) is 6.20. The van der Waals surface area contributed by atoms with Crippen molar-refractivity contribution in [1.29, 1.82) is 0 Å². The Morgan fingerprint density at radius 3 is 2.42 bits per heavy atom. The van der Waals surface area contributed by atoms with Gasteiger partial charge >= 0.3 is 5.97 Å². The number of nitrogens with zero attached hydrogens (tertiary/aromatic N) is 1. The molecular formula is C36H49NO3. The molecule has 40 heavy (non-hydrogen) atoms. The Bertz CT molecular complexity index is 1290. The van der Waals surface area contributed by atoms with Crippen LogP contribution in [0.4, 0.5) is 0 Å². The Labute approximate surface area is 241 Å². The van der Waals surface area contributed by atoms with Crippen molar-refractivity contribution in [2.24, 2.45) is 56.7 Å². The minimum absolute atomic E-state index is 0.0110. The largest absolute Gasteiger partial charge is 0.481 e. The molecule has 4 fully saturated rings. The highest BCUT2D eigenvalue weighted by molar-refractivity contribution is 6.04. The molecule has 9 atom stereocenters. The molecular weight excluding hydrogens is 494 g/mol. The van der Waals surface area contributed by atoms with Gasteiger partial charge in [0.15, 0.2) is 5.78 Å². The lowest BCUT2D eigenvalue weighted by Crippen LogP contribution is -2.65. The zero-order valence-corrected chi connectivity index (χ0v) is 25.7. The molecule has 5 aliphatic rings. The van der Waals surface area contributed by atoms with Crippen molar-refractivity contribution in [1.82, 2.24) is 4.98 Å². The van der Waals surface area contributed by atoms with Gasteiger partial charge in [-0.3, -0.25) is 14.6 Å². The van der Waals surface area contributed by atoms with Gasteiger partial charge in [0.25, 0.3) is 0 Å². The zero-order valence-electron chi connectivity index (χ0n) is 25.7. The van der Waals surface area contributed by atoms with Gasteiger partial charge in [-0.1, -0.05) is 66.2 Å². The number of aromatic nitrogens is 1. The van der Waals surface area contributed by atoms with E-state index >= 15 is 0 Å². The fourth-order valence-corrected chi connectivity index (χ4v) is 11.5. The molecule has 0 aromatic carbocycles. The Morgan fingerprint density at radius 1 is 1.00 bits per heavy atom. The minimum atomic E-state index is -0.612. The standard InChI is InChI=1S/C36H49NO3/c1-22-13-16-36(31(39)40)18-17-34(6)26(29(36)23(22)2)11-12-28-33(5)21-24(20-25-10-8-9-19-37-25)30(38)32(3,4)27(33)14-15-35(28,34)7/h8-11,19-20,22-23,27-29H,12-18,21H2,1-7H3,(H,39,40)/b24-20-/t22-,23+,27+,28-,29+,33+,34-,35-,36+/m1/s1. The number of aliphatic carboxylic acids is 1. The van der Waals surface area contributed by atoms with Gasteiger partial charge in [-0.2, -0.15) is 0 Å². The summed E-state index contributed by atoms with van der Waals surface area (Å²) < 4.78 is 0. The van der Waals surface area contributed by atoms with Crippen molar-refractivity contribution in [3.63, 3.8) is 0 Å². The van der Waals surface area contributed by atoms with Crippen LogP contribution in [0.1, 0.15) is 106 Å². The smallest absolute Gasteiger partial charge is 0.310 e. The summed E-state index contributed by atoms with van der Waals surface area (Å²) >= 11 is 0. The molecule has 0 unspecified atom stereocenters. The average Bonchev–Trinajstić information content (AvgIpc) is 2.90. The Balaban J connectivity index is 1.46. The number of carbonyl (C=O) groups excluding carboxylic acids is 1. The molecule has 1 heterocycles. The first-order valence-electron chi connectivity index (χ1n) is 15.8. The van der Waals surface area contributed by atoms with Crippen LogP contribution in [-0.2, 0) is 9.59 Å². The second-order valence-corrected chi connectivity index (χ2v) is 15.8. The summed E-state index contributed by atoms with van der Waals surface area (Å²) in [5, 5.41) is 10.7. The summed E-state index contributed by atoms with van der Waals surface area (Å²) in [4.78, 5) is 31.4. The minimum Gasteiger partial charge on any atom is -0.481 e. The first-order valence-corrected chi connectivity index (χ1v) is 15.8. The van der Waals surface area contributed by atoms with E-state index in [1.165, 1.54) is 5.57 Å². The van der Waals surface area contributed by atoms with Gasteiger partial charge in [0, 0.05) is 11.6 Å². The summed E-state index contributed by atoms with van der Waals surface area (Å²) in [6, 6.07) is 5.90. The molecule has 1 N–H and O–H groups in total. The van der Waals surface area contributed by atoms with E-state index in [1.807, 2.05) is 18.2 Å². The molecule has 0 spiro atoms. The summed E-state index contributed by atoms with van der Waals surface area (Å²) in [7, 11) is 0. The first-order chi connectivity index (χ1) is 18.7. The lowest BCUT2D eigenvalue weighted by Gasteiger charge is -2.70. The van der Waals surface area contributed by atoms with Crippen LogP contribution in [0, 0.1) is 56.7 Å². The summed E-state index contributed by atoms with van der Waals surface area (Å²) in [6.07, 6.45) is 13.9. The number of hydrogen-bond acceptors (Lipinski definition) is 3. The van der Waals surface area contributed by atoms with Crippen molar-refractivity contribution in [3.8, 4) is 0 Å². The molecule has 4 nitrogen and oxygen atoms in total. The van der Waals surface area contributed by atoms with Crippen LogP contribution in [0.25, 0.3) is 6.08 Å². The lowest BCUT2D eigenvalue weighted by molar-refractivity contribution is -0.185. The fourth-order valence-electron chi connectivity index (χ4n) is 11.5. The normalized spacial score (nSPS) is 46.9. The van der Waals surface area contributed by atoms with Crippen LogP contribution >= 0.6 is 0 Å². The maximum Gasteiger partial charge on any atom is 0.310 e. The number of allylic oxidation sites excluding steroid dienone is 3. The predicted octanol–water partition coefficient (Wildman–Crippen LogP) is 8.39. The molecule has 0 radical (unpaired) electrons. The molecule has 6 rings (SSSR count). The van der Waals surface area contributed by atoms with Crippen LogP contribution in [0.3, 0.4) is 0 Å². The third-order valence-corrected chi connectivity index (χ3v) is 14.0. The van der Waals surface area contributed by atoms with E-state index in [-0.39, 0.29) is 27.9 Å². The number of Topliss-reactive ketones (excluding diaryl/α,β-unsaturated/α-hetero) is 1. The highest BCUT2D eigenvalue weighted by Gasteiger charge is 2.70. The molecule has 1 aromatic heterocycles. The Hall–Kier alpha value is -2.23. The van der Waals surface area contributed by atoms with Gasteiger partial charge in [-0.05, 0) is 121 Å². The van der Waals surface area contributed by atoms with Crippen molar-refractivity contribution in [2.75, 3.05) is 0 Å². The summed E-state index contributed by atoms with van der Waals surface area (Å²) in [5.74, 6) is 1.54. The Morgan fingerprint density at radius 2 is 1.75 bits per heavy atom. The second kappa shape index (κ2) is 8.88. The highest BCUT2D eigenvalue weighted by atomic mass is 16.4. The number of hydrogen-bond donors (Lipinski definition) is 1. The zero-order chi connectivity index (χ0) is 28.9. The van der Waals surface area contributed by atoms with Crippen LogP contribution in [-0.4, -0.2) is 21.8 Å².